The van der Waals surface area contributed by atoms with Crippen molar-refractivity contribution < 1.29 is 9.63 Å². The van der Waals surface area contributed by atoms with Gasteiger partial charge < -0.3 is 0 Å². The van der Waals surface area contributed by atoms with E-state index in [1.165, 1.54) is 5.06 Å². The maximum absolute atomic E-state index is 12.0. The first-order valence-corrected chi connectivity index (χ1v) is 5.08. The van der Waals surface area contributed by atoms with Crippen LogP contribution in [-0.4, -0.2) is 38.7 Å². The van der Waals surface area contributed by atoms with Gasteiger partial charge in [-0.3, -0.25) is 14.6 Å². The lowest BCUT2D eigenvalue weighted by atomic mass is 10.2. The number of hydroxylamine groups is 2. The number of hydrogen-bond donors (Lipinski definition) is 0. The maximum Gasteiger partial charge on any atom is 0.281 e. The molecule has 0 N–H and O–H groups in total. The van der Waals surface area contributed by atoms with E-state index in [2.05, 4.69) is 10.1 Å². The molecule has 6 heteroatoms. The summed E-state index contributed by atoms with van der Waals surface area (Å²) < 4.78 is 1.62. The Balaban J connectivity index is 2.02. The summed E-state index contributed by atoms with van der Waals surface area (Å²) in [6.45, 7) is 1.24. The zero-order valence-electron chi connectivity index (χ0n) is 8.54. The molecule has 0 aliphatic carbocycles. The topological polar surface area (TPSA) is 59.7 Å². The first-order valence-electron chi connectivity index (χ1n) is 5.08. The van der Waals surface area contributed by atoms with Crippen LogP contribution in [0.4, 0.5) is 0 Å². The number of rotatable bonds is 1. The second-order valence-electron chi connectivity index (χ2n) is 3.56. The second-order valence-corrected chi connectivity index (χ2v) is 3.56. The Morgan fingerprint density at radius 1 is 1.44 bits per heavy atom. The van der Waals surface area contributed by atoms with E-state index in [-0.39, 0.29) is 5.91 Å². The highest BCUT2D eigenvalue weighted by atomic mass is 16.7. The normalized spacial score (nSPS) is 15.9. The highest BCUT2D eigenvalue weighted by Crippen LogP contribution is 2.15. The summed E-state index contributed by atoms with van der Waals surface area (Å²) in [5.74, 6) is -0.152. The molecule has 1 amide bonds. The van der Waals surface area contributed by atoms with Crippen LogP contribution in [0.15, 0.2) is 24.8 Å². The molecule has 0 saturated carbocycles. The minimum absolute atomic E-state index is 0.152. The van der Waals surface area contributed by atoms with Gasteiger partial charge in [-0.25, -0.2) is 9.58 Å². The van der Waals surface area contributed by atoms with Crippen LogP contribution in [0.5, 0.6) is 0 Å². The van der Waals surface area contributed by atoms with Crippen molar-refractivity contribution in [2.75, 3.05) is 13.2 Å². The number of hydrogen-bond acceptors (Lipinski definition) is 4. The maximum atomic E-state index is 12.0. The van der Waals surface area contributed by atoms with Gasteiger partial charge in [0.2, 0.25) is 0 Å². The molecule has 82 valence electrons. The van der Waals surface area contributed by atoms with Crippen molar-refractivity contribution in [2.24, 2.45) is 0 Å². The van der Waals surface area contributed by atoms with Crippen LogP contribution >= 0.6 is 0 Å². The second kappa shape index (κ2) is 3.57. The molecule has 16 heavy (non-hydrogen) atoms. The predicted molar refractivity (Wildman–Crippen MR) is 54.6 cm³/mol. The van der Waals surface area contributed by atoms with E-state index in [0.717, 1.165) is 6.42 Å². The summed E-state index contributed by atoms with van der Waals surface area (Å²) in [5.41, 5.74) is 1.22. The molecule has 2 aromatic rings. The fourth-order valence-electron chi connectivity index (χ4n) is 1.74. The summed E-state index contributed by atoms with van der Waals surface area (Å²) in [7, 11) is 0. The van der Waals surface area contributed by atoms with E-state index >= 15 is 0 Å². The van der Waals surface area contributed by atoms with E-state index in [0.29, 0.717) is 24.2 Å². The minimum atomic E-state index is -0.152. The zero-order valence-corrected chi connectivity index (χ0v) is 8.54. The van der Waals surface area contributed by atoms with Gasteiger partial charge in [-0.2, -0.15) is 5.10 Å². The predicted octanol–water partition coefficient (Wildman–Crippen LogP) is 0.507. The smallest absolute Gasteiger partial charge is 0.271 e. The molecule has 0 atom stereocenters. The van der Waals surface area contributed by atoms with E-state index in [1.807, 2.05) is 0 Å². The van der Waals surface area contributed by atoms with E-state index < -0.39 is 0 Å². The van der Waals surface area contributed by atoms with Crippen LogP contribution in [0.1, 0.15) is 16.8 Å². The van der Waals surface area contributed by atoms with Gasteiger partial charge in [-0.05, 0) is 6.42 Å². The molecule has 0 bridgehead atoms. The van der Waals surface area contributed by atoms with E-state index in [9.17, 15) is 4.79 Å². The zero-order chi connectivity index (χ0) is 11.0. The molecule has 0 unspecified atom stereocenters. The Kier molecular flexibility index (Phi) is 2.07. The average Bonchev–Trinajstić information content (AvgIpc) is 2.98. The number of fused-ring (bicyclic) bond motifs is 1. The fraction of sp³-hybridized carbons (Fsp3) is 0.300. The number of amides is 1. The molecule has 6 nitrogen and oxygen atoms in total. The van der Waals surface area contributed by atoms with Crippen LogP contribution in [0.3, 0.4) is 0 Å². The summed E-state index contributed by atoms with van der Waals surface area (Å²) in [6.07, 6.45) is 7.37. The van der Waals surface area contributed by atoms with Crippen molar-refractivity contribution in [1.29, 1.82) is 0 Å². The molecule has 1 aliphatic rings. The lowest BCUT2D eigenvalue weighted by molar-refractivity contribution is -0.0767. The minimum Gasteiger partial charge on any atom is -0.271 e. The first kappa shape index (κ1) is 9.29. The monoisotopic (exact) mass is 218 g/mol. The molecule has 1 saturated heterocycles. The number of nitrogens with zero attached hydrogens (tertiary/aromatic N) is 4. The summed E-state index contributed by atoms with van der Waals surface area (Å²) in [5, 5.41) is 5.46. The molecule has 3 heterocycles. The van der Waals surface area contributed by atoms with Crippen LogP contribution in [0.2, 0.25) is 0 Å². The highest BCUT2D eigenvalue weighted by Gasteiger charge is 2.23. The fourth-order valence-corrected chi connectivity index (χ4v) is 1.74. The first-order chi connectivity index (χ1) is 7.86. The van der Waals surface area contributed by atoms with Crippen molar-refractivity contribution in [2.45, 2.75) is 6.42 Å². The van der Waals surface area contributed by atoms with Gasteiger partial charge in [0.1, 0.15) is 0 Å². The summed E-state index contributed by atoms with van der Waals surface area (Å²) in [4.78, 5) is 21.2. The SMILES string of the molecule is O=C(c1cnn2ccncc12)N1CCCO1. The molecule has 1 aliphatic heterocycles. The van der Waals surface area contributed by atoms with E-state index in [1.54, 1.807) is 29.3 Å². The van der Waals surface area contributed by atoms with Gasteiger partial charge >= 0.3 is 0 Å². The third kappa shape index (κ3) is 1.35. The summed E-state index contributed by atoms with van der Waals surface area (Å²) in [6, 6.07) is 0. The van der Waals surface area contributed by atoms with Crippen LogP contribution in [-0.2, 0) is 4.84 Å². The van der Waals surface area contributed by atoms with Gasteiger partial charge in [-0.1, -0.05) is 0 Å². The largest absolute Gasteiger partial charge is 0.281 e. The number of carbonyl (C=O) groups excluding carboxylic acids is 1. The standard InChI is InChI=1S/C10H10N4O2/c15-10(14-3-1-5-16-14)8-6-12-13-4-2-11-7-9(8)13/h2,4,6-7H,1,3,5H2. The Bertz CT molecular complexity index is 530. The van der Waals surface area contributed by atoms with Crippen LogP contribution < -0.4 is 0 Å². The lowest BCUT2D eigenvalue weighted by Gasteiger charge is -2.12. The van der Waals surface area contributed by atoms with Crippen molar-refractivity contribution in [3.05, 3.63) is 30.4 Å². The average molecular weight is 218 g/mol. The molecule has 3 rings (SSSR count). The Hall–Kier alpha value is -1.95. The highest BCUT2D eigenvalue weighted by molar-refractivity contribution is 5.99. The van der Waals surface area contributed by atoms with Crippen molar-refractivity contribution in [1.82, 2.24) is 19.7 Å². The number of aromatic nitrogens is 3. The van der Waals surface area contributed by atoms with Crippen molar-refractivity contribution >= 4 is 11.4 Å². The van der Waals surface area contributed by atoms with Gasteiger partial charge in [0, 0.05) is 12.4 Å². The molecule has 2 aromatic heterocycles. The lowest BCUT2D eigenvalue weighted by Crippen LogP contribution is -2.26. The Morgan fingerprint density at radius 3 is 3.19 bits per heavy atom. The van der Waals surface area contributed by atoms with Gasteiger partial charge in [0.05, 0.1) is 36.6 Å². The molecular weight excluding hydrogens is 208 g/mol. The molecule has 0 spiro atoms. The van der Waals surface area contributed by atoms with Crippen molar-refractivity contribution in [3.63, 3.8) is 0 Å². The molecule has 1 fully saturated rings. The van der Waals surface area contributed by atoms with Gasteiger partial charge in [-0.15, -0.1) is 0 Å². The Morgan fingerprint density at radius 2 is 2.38 bits per heavy atom. The van der Waals surface area contributed by atoms with E-state index in [4.69, 9.17) is 4.84 Å². The quantitative estimate of drug-likeness (QED) is 0.699. The molecule has 0 radical (unpaired) electrons. The number of carbonyl (C=O) groups is 1. The van der Waals surface area contributed by atoms with Gasteiger partial charge in [0.25, 0.3) is 5.91 Å². The van der Waals surface area contributed by atoms with Crippen molar-refractivity contribution in [3.8, 4) is 0 Å². The third-order valence-electron chi connectivity index (χ3n) is 2.53. The summed E-state index contributed by atoms with van der Waals surface area (Å²) >= 11 is 0. The van der Waals surface area contributed by atoms with Crippen LogP contribution in [0, 0.1) is 0 Å². The van der Waals surface area contributed by atoms with Gasteiger partial charge in [0.15, 0.2) is 0 Å². The Labute approximate surface area is 91.4 Å². The molecule has 0 aromatic carbocycles. The molecular formula is C10H10N4O2. The van der Waals surface area contributed by atoms with Crippen LogP contribution in [0.25, 0.3) is 5.52 Å². The third-order valence-corrected chi connectivity index (χ3v) is 2.53.